The number of para-hydroxylation sites is 1. The van der Waals surface area contributed by atoms with Crippen molar-refractivity contribution in [2.45, 2.75) is 25.8 Å². The third-order valence-corrected chi connectivity index (χ3v) is 6.75. The first-order valence-electron chi connectivity index (χ1n) is 12.4. The second-order valence-electron chi connectivity index (χ2n) is 8.93. The average Bonchev–Trinajstić information content (AvgIpc) is 2.93. The molecule has 182 valence electrons. The van der Waals surface area contributed by atoms with Gasteiger partial charge < -0.3 is 25.3 Å². The van der Waals surface area contributed by atoms with Crippen LogP contribution >= 0.6 is 12.2 Å². The summed E-state index contributed by atoms with van der Waals surface area (Å²) < 4.78 is 0. The monoisotopic (exact) mass is 488 g/mol. The summed E-state index contributed by atoms with van der Waals surface area (Å²) in [4.78, 5) is 21.0. The van der Waals surface area contributed by atoms with Crippen molar-refractivity contribution in [3.63, 3.8) is 0 Å². The number of hydrogen-bond donors (Lipinski definition) is 2. The van der Waals surface area contributed by atoms with Gasteiger partial charge in [0.1, 0.15) is 11.6 Å². The fourth-order valence-corrected chi connectivity index (χ4v) is 4.75. The van der Waals surface area contributed by atoms with Gasteiger partial charge in [0.2, 0.25) is 5.95 Å². The molecular formula is C26H32N8S. The van der Waals surface area contributed by atoms with Gasteiger partial charge in [-0.05, 0) is 55.2 Å². The van der Waals surface area contributed by atoms with E-state index in [-0.39, 0.29) is 0 Å². The lowest BCUT2D eigenvalue weighted by molar-refractivity contribution is 0.573. The second-order valence-corrected chi connectivity index (χ2v) is 9.34. The zero-order valence-electron chi connectivity index (χ0n) is 19.9. The predicted octanol–water partition coefficient (Wildman–Crippen LogP) is 3.68. The molecule has 2 fully saturated rings. The van der Waals surface area contributed by atoms with Crippen LogP contribution in [0.15, 0.2) is 60.9 Å². The normalized spacial score (nSPS) is 16.2. The molecule has 2 aliphatic rings. The van der Waals surface area contributed by atoms with E-state index >= 15 is 0 Å². The molecule has 0 atom stereocenters. The van der Waals surface area contributed by atoms with E-state index in [1.807, 2.05) is 18.3 Å². The first-order chi connectivity index (χ1) is 17.2. The number of benzene rings is 1. The summed E-state index contributed by atoms with van der Waals surface area (Å²) >= 11 is 5.55. The smallest absolute Gasteiger partial charge is 0.232 e. The van der Waals surface area contributed by atoms with E-state index in [1.165, 1.54) is 24.9 Å². The first-order valence-corrected chi connectivity index (χ1v) is 12.8. The fourth-order valence-electron chi connectivity index (χ4n) is 4.59. The van der Waals surface area contributed by atoms with Crippen molar-refractivity contribution in [1.29, 1.82) is 0 Å². The number of rotatable bonds is 6. The highest BCUT2D eigenvalue weighted by Gasteiger charge is 2.22. The molecule has 0 spiro atoms. The molecule has 2 aromatic heterocycles. The minimum atomic E-state index is 0.504. The number of thiocarbonyl (C=S) groups is 1. The van der Waals surface area contributed by atoms with Crippen LogP contribution in [0.2, 0.25) is 0 Å². The Labute approximate surface area is 212 Å². The number of piperidine rings is 1. The van der Waals surface area contributed by atoms with Crippen LogP contribution in [0.4, 0.5) is 23.3 Å². The van der Waals surface area contributed by atoms with Crippen LogP contribution in [0.1, 0.15) is 24.8 Å². The summed E-state index contributed by atoms with van der Waals surface area (Å²) in [5, 5.41) is 6.96. The van der Waals surface area contributed by atoms with Crippen LogP contribution in [0.5, 0.6) is 0 Å². The number of anilines is 4. The van der Waals surface area contributed by atoms with Crippen molar-refractivity contribution < 1.29 is 0 Å². The largest absolute Gasteiger partial charge is 0.368 e. The van der Waals surface area contributed by atoms with Crippen LogP contribution in [-0.4, -0.2) is 59.3 Å². The van der Waals surface area contributed by atoms with Gasteiger partial charge in [-0.1, -0.05) is 24.3 Å². The molecule has 0 bridgehead atoms. The van der Waals surface area contributed by atoms with Gasteiger partial charge in [0.15, 0.2) is 5.11 Å². The SMILES string of the molecule is S=C(NCc1cccnc1)Nc1nc(N2CCCCC2)cc(N2CCN(c3ccccc3)CC2)n1. The maximum Gasteiger partial charge on any atom is 0.232 e. The van der Waals surface area contributed by atoms with Crippen LogP contribution in [-0.2, 0) is 6.54 Å². The Morgan fingerprint density at radius 1 is 0.800 bits per heavy atom. The Morgan fingerprint density at radius 3 is 2.17 bits per heavy atom. The van der Waals surface area contributed by atoms with E-state index < -0.39 is 0 Å². The van der Waals surface area contributed by atoms with Crippen molar-refractivity contribution in [2.24, 2.45) is 0 Å². The van der Waals surface area contributed by atoms with E-state index in [4.69, 9.17) is 22.2 Å². The summed E-state index contributed by atoms with van der Waals surface area (Å²) in [6, 6.07) is 16.7. The molecule has 0 aliphatic carbocycles. The van der Waals surface area contributed by atoms with Crippen molar-refractivity contribution in [2.75, 3.05) is 59.3 Å². The topological polar surface area (TPSA) is 72.5 Å². The molecule has 8 nitrogen and oxygen atoms in total. The number of piperazine rings is 1. The third kappa shape index (κ3) is 6.16. The summed E-state index contributed by atoms with van der Waals surface area (Å²) in [5.74, 6) is 2.46. The standard InChI is InChI=1S/C26H32N8S/c35-26(28-20-21-8-7-11-27-19-21)31-25-29-23(33-12-5-2-6-13-33)18-24(30-25)34-16-14-32(15-17-34)22-9-3-1-4-10-22/h1,3-4,7-11,18-19H,2,5-6,12-17,20H2,(H2,28,29,30,31,35). The van der Waals surface area contributed by atoms with Crippen molar-refractivity contribution in [3.8, 4) is 0 Å². The van der Waals surface area contributed by atoms with Gasteiger partial charge in [-0.25, -0.2) is 0 Å². The molecule has 4 heterocycles. The van der Waals surface area contributed by atoms with Crippen LogP contribution in [0, 0.1) is 0 Å². The molecule has 0 amide bonds. The highest BCUT2D eigenvalue weighted by atomic mass is 32.1. The first kappa shape index (κ1) is 23.3. The molecule has 1 aromatic carbocycles. The van der Waals surface area contributed by atoms with Gasteiger partial charge in [0, 0.05) is 70.0 Å². The molecule has 2 N–H and O–H groups in total. The number of nitrogens with one attached hydrogen (secondary N) is 2. The van der Waals surface area contributed by atoms with Gasteiger partial charge in [-0.15, -0.1) is 0 Å². The van der Waals surface area contributed by atoms with Gasteiger partial charge >= 0.3 is 0 Å². The Bertz CT molecular complexity index is 1100. The Kier molecular flexibility index (Phi) is 7.53. The Balaban J connectivity index is 1.29. The summed E-state index contributed by atoms with van der Waals surface area (Å²) in [7, 11) is 0. The van der Waals surface area contributed by atoms with Crippen LogP contribution in [0.3, 0.4) is 0 Å². The minimum absolute atomic E-state index is 0.504. The van der Waals surface area contributed by atoms with Crippen molar-refractivity contribution >= 4 is 40.6 Å². The lowest BCUT2D eigenvalue weighted by atomic mass is 10.1. The Hall–Kier alpha value is -3.46. The minimum Gasteiger partial charge on any atom is -0.368 e. The lowest BCUT2D eigenvalue weighted by Crippen LogP contribution is -2.47. The molecular weight excluding hydrogens is 456 g/mol. The van der Waals surface area contributed by atoms with Crippen LogP contribution in [0.25, 0.3) is 0 Å². The lowest BCUT2D eigenvalue weighted by Gasteiger charge is -2.37. The predicted molar refractivity (Wildman–Crippen MR) is 146 cm³/mol. The van der Waals surface area contributed by atoms with E-state index in [0.717, 1.165) is 56.5 Å². The quantitative estimate of drug-likeness (QED) is 0.506. The number of aromatic nitrogens is 3. The zero-order chi connectivity index (χ0) is 23.9. The summed E-state index contributed by atoms with van der Waals surface area (Å²) in [6.45, 7) is 6.40. The maximum atomic E-state index is 5.55. The van der Waals surface area contributed by atoms with Crippen molar-refractivity contribution in [1.82, 2.24) is 20.3 Å². The highest BCUT2D eigenvalue weighted by molar-refractivity contribution is 7.80. The summed E-state index contributed by atoms with van der Waals surface area (Å²) in [5.41, 5.74) is 2.34. The molecule has 3 aromatic rings. The van der Waals surface area contributed by atoms with Gasteiger partial charge in [0.05, 0.1) is 0 Å². The summed E-state index contributed by atoms with van der Waals surface area (Å²) in [6.07, 6.45) is 7.27. The number of pyridine rings is 1. The maximum absolute atomic E-state index is 5.55. The Morgan fingerprint density at radius 2 is 1.49 bits per heavy atom. The van der Waals surface area contributed by atoms with E-state index in [9.17, 15) is 0 Å². The highest BCUT2D eigenvalue weighted by Crippen LogP contribution is 2.26. The fraction of sp³-hybridized carbons (Fsp3) is 0.385. The van der Waals surface area contributed by atoms with Gasteiger partial charge in [-0.2, -0.15) is 9.97 Å². The molecule has 0 unspecified atom stereocenters. The van der Waals surface area contributed by atoms with Gasteiger partial charge in [0.25, 0.3) is 0 Å². The molecule has 2 saturated heterocycles. The van der Waals surface area contributed by atoms with Gasteiger partial charge in [-0.3, -0.25) is 4.98 Å². The van der Waals surface area contributed by atoms with Crippen LogP contribution < -0.4 is 25.3 Å². The number of hydrogen-bond acceptors (Lipinski definition) is 7. The number of nitrogens with zero attached hydrogens (tertiary/aromatic N) is 6. The molecule has 2 aliphatic heterocycles. The third-order valence-electron chi connectivity index (χ3n) is 6.51. The molecule has 0 radical (unpaired) electrons. The average molecular weight is 489 g/mol. The molecule has 35 heavy (non-hydrogen) atoms. The molecule has 0 saturated carbocycles. The molecule has 9 heteroatoms. The zero-order valence-corrected chi connectivity index (χ0v) is 20.8. The van der Waals surface area contributed by atoms with Crippen molar-refractivity contribution in [3.05, 3.63) is 66.5 Å². The van der Waals surface area contributed by atoms with E-state index in [2.05, 4.69) is 66.7 Å². The van der Waals surface area contributed by atoms with E-state index in [0.29, 0.717) is 17.6 Å². The molecule has 5 rings (SSSR count). The van der Waals surface area contributed by atoms with E-state index in [1.54, 1.807) is 6.20 Å². The second kappa shape index (κ2) is 11.3.